The van der Waals surface area contributed by atoms with Crippen molar-refractivity contribution in [3.63, 3.8) is 0 Å². The summed E-state index contributed by atoms with van der Waals surface area (Å²) in [7, 11) is 0. The number of allylic oxidation sites excluding steroid dienone is 2. The summed E-state index contributed by atoms with van der Waals surface area (Å²) in [6, 6.07) is 0.424. The quantitative estimate of drug-likeness (QED) is 0.0991. The fourth-order valence-electron chi connectivity index (χ4n) is 10.8. The van der Waals surface area contributed by atoms with Gasteiger partial charge >= 0.3 is 6.03 Å². The Morgan fingerprint density at radius 3 is 2.53 bits per heavy atom. The fourth-order valence-corrected chi connectivity index (χ4v) is 12.3. The van der Waals surface area contributed by atoms with Crippen LogP contribution in [-0.2, 0) is 19.2 Å². The Bertz CT molecular complexity index is 1320. The Hall–Kier alpha value is -2.56. The standard InChI is InChI=1S/C38H59N5O5S/c1-24(44)28-13-14-29-27-12-11-25-21-26(15-17-37(25,2)30(27)16-18-38(28,29)3)43-48-22-34(46)40-20-8-4-7-19-39-33(45)10-6-5-9-32-35-31(23-49-32)41-36(47)42-35/h21,27-32,35H,4-20,22-23H2,1-3H3,(H,39,45)(H,40,46)(H2,41,42,47)/b43-26-/t27-,28+,29-,30-,31+,32-,35-,37-,38+/m0/s1. The minimum Gasteiger partial charge on any atom is -0.385 e. The third-order valence-electron chi connectivity index (χ3n) is 13.4. The molecule has 0 radical (unpaired) electrons. The number of ketones is 1. The smallest absolute Gasteiger partial charge is 0.315 e. The van der Waals surface area contributed by atoms with Crippen LogP contribution >= 0.6 is 11.8 Å². The van der Waals surface area contributed by atoms with Gasteiger partial charge in [0, 0.05) is 36.4 Å². The molecule has 0 aromatic rings. The Morgan fingerprint density at radius 2 is 1.73 bits per heavy atom. The highest BCUT2D eigenvalue weighted by Gasteiger charge is 2.59. The van der Waals surface area contributed by atoms with E-state index in [1.807, 2.05) is 11.8 Å². The zero-order valence-corrected chi connectivity index (χ0v) is 30.8. The Balaban J connectivity index is 0.810. The van der Waals surface area contributed by atoms with E-state index in [1.165, 1.54) is 31.3 Å². The summed E-state index contributed by atoms with van der Waals surface area (Å²) in [5.74, 6) is 3.63. The van der Waals surface area contributed by atoms with Crippen LogP contribution in [-0.4, -0.2) is 72.1 Å². The third kappa shape index (κ3) is 8.01. The monoisotopic (exact) mass is 697 g/mol. The van der Waals surface area contributed by atoms with Crippen LogP contribution < -0.4 is 21.3 Å². The number of rotatable bonds is 15. The van der Waals surface area contributed by atoms with Crippen molar-refractivity contribution in [2.24, 2.45) is 39.7 Å². The molecular formula is C38H59N5O5S. The molecule has 9 atom stereocenters. The number of hydrogen-bond donors (Lipinski definition) is 4. The highest BCUT2D eigenvalue weighted by Crippen LogP contribution is 2.66. The van der Waals surface area contributed by atoms with Crippen LogP contribution in [0.25, 0.3) is 0 Å². The first-order valence-electron chi connectivity index (χ1n) is 19.2. The molecule has 4 aliphatic carbocycles. The van der Waals surface area contributed by atoms with Crippen molar-refractivity contribution in [3.8, 4) is 0 Å². The normalized spacial score (nSPS) is 36.8. The molecule has 0 aromatic heterocycles. The predicted molar refractivity (Wildman–Crippen MR) is 193 cm³/mol. The second-order valence-electron chi connectivity index (χ2n) is 16.3. The van der Waals surface area contributed by atoms with E-state index in [0.29, 0.717) is 42.4 Å². The van der Waals surface area contributed by atoms with Gasteiger partial charge in [-0.3, -0.25) is 14.4 Å². The lowest BCUT2D eigenvalue weighted by Crippen LogP contribution is -2.51. The van der Waals surface area contributed by atoms with Gasteiger partial charge in [-0.25, -0.2) is 4.79 Å². The summed E-state index contributed by atoms with van der Waals surface area (Å²) in [6.45, 7) is 7.85. The number of urea groups is 1. The molecule has 5 fully saturated rings. The number of carbonyl (C=O) groups is 4. The van der Waals surface area contributed by atoms with Crippen LogP contribution in [0, 0.1) is 34.5 Å². The molecule has 6 rings (SSSR count). The summed E-state index contributed by atoms with van der Waals surface area (Å²) in [5, 5.41) is 16.7. The van der Waals surface area contributed by atoms with Crippen LogP contribution in [0.2, 0.25) is 0 Å². The average Bonchev–Trinajstić information content (AvgIpc) is 3.74. The molecule has 49 heavy (non-hydrogen) atoms. The number of amides is 4. The van der Waals surface area contributed by atoms with Crippen LogP contribution in [0.5, 0.6) is 0 Å². The highest BCUT2D eigenvalue weighted by atomic mass is 32.2. The fraction of sp³-hybridized carbons (Fsp3) is 0.816. The molecule has 2 saturated heterocycles. The van der Waals surface area contributed by atoms with Crippen molar-refractivity contribution >= 4 is 41.1 Å². The zero-order chi connectivity index (χ0) is 34.6. The number of unbranched alkanes of at least 4 members (excludes halogenated alkanes) is 3. The first-order chi connectivity index (χ1) is 23.6. The van der Waals surface area contributed by atoms with Crippen molar-refractivity contribution in [1.29, 1.82) is 0 Å². The van der Waals surface area contributed by atoms with E-state index >= 15 is 0 Å². The molecule has 4 N–H and O–H groups in total. The maximum absolute atomic E-state index is 12.4. The van der Waals surface area contributed by atoms with Gasteiger partial charge in [-0.2, -0.15) is 11.8 Å². The van der Waals surface area contributed by atoms with E-state index in [2.05, 4.69) is 46.3 Å². The molecule has 272 valence electrons. The average molecular weight is 698 g/mol. The summed E-state index contributed by atoms with van der Waals surface area (Å²) >= 11 is 1.91. The van der Waals surface area contributed by atoms with Gasteiger partial charge in [-0.1, -0.05) is 31.0 Å². The van der Waals surface area contributed by atoms with E-state index in [1.54, 1.807) is 6.92 Å². The Morgan fingerprint density at radius 1 is 0.939 bits per heavy atom. The minimum atomic E-state index is -0.157. The molecule has 4 amide bonds. The lowest BCUT2D eigenvalue weighted by molar-refractivity contribution is -0.128. The topological polar surface area (TPSA) is 138 Å². The SMILES string of the molecule is CC(=O)[C@H]1CC[C@H]2[C@@H]3CCC4=C/C(=N\OCC(=O)NCCCCCNC(=O)CCCC[C@@H]5SC[C@H]6NC(=O)N[C@H]56)CC[C@]4(C)[C@H]3CC[C@]12C. The van der Waals surface area contributed by atoms with Crippen molar-refractivity contribution < 1.29 is 24.0 Å². The van der Waals surface area contributed by atoms with E-state index < -0.39 is 0 Å². The first kappa shape index (κ1) is 36.2. The second kappa shape index (κ2) is 15.8. The number of nitrogens with zero attached hydrogens (tertiary/aromatic N) is 1. The molecule has 0 spiro atoms. The number of thioether (sulfide) groups is 1. The number of hydrogen-bond acceptors (Lipinski definition) is 7. The number of nitrogens with one attached hydrogen (secondary N) is 4. The number of oxime groups is 1. The first-order valence-corrected chi connectivity index (χ1v) is 20.3. The summed E-state index contributed by atoms with van der Waals surface area (Å²) in [6.07, 6.45) is 17.3. The van der Waals surface area contributed by atoms with Crippen LogP contribution in [0.3, 0.4) is 0 Å². The van der Waals surface area contributed by atoms with Crippen molar-refractivity contribution in [2.45, 2.75) is 134 Å². The molecule has 2 aliphatic heterocycles. The van der Waals surface area contributed by atoms with Crippen LogP contribution in [0.1, 0.15) is 117 Å². The predicted octanol–water partition coefficient (Wildman–Crippen LogP) is 5.66. The van der Waals surface area contributed by atoms with Crippen molar-refractivity contribution in [2.75, 3.05) is 25.4 Å². The van der Waals surface area contributed by atoms with Crippen LogP contribution in [0.4, 0.5) is 4.79 Å². The van der Waals surface area contributed by atoms with Crippen LogP contribution in [0.15, 0.2) is 16.8 Å². The lowest BCUT2D eigenvalue weighted by atomic mass is 9.46. The van der Waals surface area contributed by atoms with Gasteiger partial charge < -0.3 is 26.1 Å². The molecule has 0 aromatic carbocycles. The lowest BCUT2D eigenvalue weighted by Gasteiger charge is -2.58. The van der Waals surface area contributed by atoms with Gasteiger partial charge in [0.15, 0.2) is 6.61 Å². The van der Waals surface area contributed by atoms with E-state index in [-0.39, 0.29) is 53.3 Å². The van der Waals surface area contributed by atoms with Crippen molar-refractivity contribution in [1.82, 2.24) is 21.3 Å². The largest absolute Gasteiger partial charge is 0.385 e. The summed E-state index contributed by atoms with van der Waals surface area (Å²) in [5.41, 5.74) is 2.84. The number of carbonyl (C=O) groups excluding carboxylic acids is 4. The van der Waals surface area contributed by atoms with Gasteiger partial charge in [0.1, 0.15) is 5.78 Å². The third-order valence-corrected chi connectivity index (χ3v) is 14.9. The molecule has 0 unspecified atom stereocenters. The maximum atomic E-state index is 12.4. The molecule has 11 heteroatoms. The van der Waals surface area contributed by atoms with Crippen molar-refractivity contribution in [3.05, 3.63) is 11.6 Å². The highest BCUT2D eigenvalue weighted by molar-refractivity contribution is 8.00. The molecule has 10 nitrogen and oxygen atoms in total. The number of Topliss-reactive ketones (excluding diaryl/α,β-unsaturated/α-hetero) is 1. The van der Waals surface area contributed by atoms with Gasteiger partial charge in [-0.15, -0.1) is 0 Å². The van der Waals surface area contributed by atoms with E-state index in [9.17, 15) is 19.2 Å². The molecule has 0 bridgehead atoms. The Kier molecular flexibility index (Phi) is 11.7. The summed E-state index contributed by atoms with van der Waals surface area (Å²) < 4.78 is 0. The van der Waals surface area contributed by atoms with Gasteiger partial charge in [0.05, 0.1) is 17.8 Å². The molecule has 3 saturated carbocycles. The molecule has 2 heterocycles. The zero-order valence-electron chi connectivity index (χ0n) is 30.0. The van der Waals surface area contributed by atoms with E-state index in [4.69, 9.17) is 4.84 Å². The second-order valence-corrected chi connectivity index (χ2v) is 17.5. The summed E-state index contributed by atoms with van der Waals surface area (Å²) in [4.78, 5) is 54.0. The van der Waals surface area contributed by atoms with Gasteiger partial charge in [0.25, 0.3) is 5.91 Å². The van der Waals surface area contributed by atoms with Gasteiger partial charge in [0.2, 0.25) is 5.91 Å². The molecular weight excluding hydrogens is 639 g/mol. The number of fused-ring (bicyclic) bond motifs is 6. The minimum absolute atomic E-state index is 0.0538. The van der Waals surface area contributed by atoms with Gasteiger partial charge in [-0.05, 0) is 125 Å². The maximum Gasteiger partial charge on any atom is 0.315 e. The molecule has 6 aliphatic rings. The van der Waals surface area contributed by atoms with E-state index in [0.717, 1.165) is 81.6 Å². The Labute approximate surface area is 296 Å².